The van der Waals surface area contributed by atoms with Crippen LogP contribution in [0.1, 0.15) is 19.3 Å². The molecule has 0 fully saturated rings. The van der Waals surface area contributed by atoms with E-state index in [4.69, 9.17) is 10.2 Å². The van der Waals surface area contributed by atoms with Crippen molar-refractivity contribution in [2.24, 2.45) is 0 Å². The van der Waals surface area contributed by atoms with Crippen LogP contribution in [0.3, 0.4) is 0 Å². The van der Waals surface area contributed by atoms with Crippen LogP contribution in [0.2, 0.25) is 0 Å². The summed E-state index contributed by atoms with van der Waals surface area (Å²) in [6.07, 6.45) is 1.58. The fourth-order valence-corrected chi connectivity index (χ4v) is 2.04. The summed E-state index contributed by atoms with van der Waals surface area (Å²) in [5.74, 6) is -0.766. The molecule has 0 heterocycles. The largest absolute Gasteiger partial charge is 0.480 e. The molecule has 0 rings (SSSR count). The molecule has 0 spiro atoms. The number of rotatable bonds is 12. The lowest BCUT2D eigenvalue weighted by molar-refractivity contribution is -0.140. The molecule has 0 aliphatic carbocycles. The monoisotopic (exact) mass is 310 g/mol. The number of hydrogen-bond donors (Lipinski definition) is 6. The van der Waals surface area contributed by atoms with Crippen molar-refractivity contribution in [2.45, 2.75) is 31.3 Å². The third-order valence-electron chi connectivity index (χ3n) is 2.57. The van der Waals surface area contributed by atoms with E-state index in [1.807, 2.05) is 0 Å². The van der Waals surface area contributed by atoms with Crippen molar-refractivity contribution in [2.75, 3.05) is 24.6 Å². The second-order valence-corrected chi connectivity index (χ2v) is 4.96. The standard InChI is InChI=1S/C11H22N2O4S2/c14-10(15)8(2-6-18)12-4-1-5-13-9(3-7-19)11(16)17/h8-9,12-13,18-19H,1-7H2,(H,14,15)(H,16,17)/t8-,9-/m0/s1. The van der Waals surface area contributed by atoms with Gasteiger partial charge in [-0.2, -0.15) is 25.3 Å². The van der Waals surface area contributed by atoms with Gasteiger partial charge in [-0.25, -0.2) is 0 Å². The lowest BCUT2D eigenvalue weighted by Gasteiger charge is -2.15. The van der Waals surface area contributed by atoms with Crippen LogP contribution < -0.4 is 10.6 Å². The Bertz CT molecular complexity index is 253. The highest BCUT2D eigenvalue weighted by atomic mass is 32.1. The molecule has 0 saturated carbocycles. The molecule has 4 N–H and O–H groups in total. The van der Waals surface area contributed by atoms with Gasteiger partial charge >= 0.3 is 11.9 Å². The third kappa shape index (κ3) is 9.15. The summed E-state index contributed by atoms with van der Waals surface area (Å²) < 4.78 is 0. The Morgan fingerprint density at radius 2 is 1.26 bits per heavy atom. The fraction of sp³-hybridized carbons (Fsp3) is 0.818. The second-order valence-electron chi connectivity index (χ2n) is 4.07. The van der Waals surface area contributed by atoms with Crippen molar-refractivity contribution in [1.29, 1.82) is 0 Å². The number of thiol groups is 2. The molecule has 2 atom stereocenters. The number of nitrogens with one attached hydrogen (secondary N) is 2. The van der Waals surface area contributed by atoms with Crippen molar-refractivity contribution in [1.82, 2.24) is 10.6 Å². The summed E-state index contributed by atoms with van der Waals surface area (Å²) in [4.78, 5) is 21.7. The molecule has 0 aliphatic heterocycles. The Balaban J connectivity index is 3.78. The molecular formula is C11H22N2O4S2. The zero-order valence-corrected chi connectivity index (χ0v) is 12.5. The van der Waals surface area contributed by atoms with Gasteiger partial charge in [-0.3, -0.25) is 9.59 Å². The number of carbonyl (C=O) groups is 2. The maximum Gasteiger partial charge on any atom is 0.320 e. The molecule has 0 amide bonds. The molecule has 0 aromatic heterocycles. The molecule has 19 heavy (non-hydrogen) atoms. The summed E-state index contributed by atoms with van der Waals surface area (Å²) in [6.45, 7) is 1.04. The van der Waals surface area contributed by atoms with Crippen LogP contribution in [0.4, 0.5) is 0 Å². The van der Waals surface area contributed by atoms with Crippen LogP contribution >= 0.6 is 25.3 Å². The molecule has 0 aromatic rings. The molecule has 112 valence electrons. The zero-order valence-electron chi connectivity index (χ0n) is 10.7. The van der Waals surface area contributed by atoms with E-state index in [1.165, 1.54) is 0 Å². The predicted molar refractivity (Wildman–Crippen MR) is 80.4 cm³/mol. The van der Waals surface area contributed by atoms with Crippen molar-refractivity contribution in [3.8, 4) is 0 Å². The first-order valence-corrected chi connectivity index (χ1v) is 7.43. The van der Waals surface area contributed by atoms with Gasteiger partial charge < -0.3 is 20.8 Å². The van der Waals surface area contributed by atoms with E-state index in [1.54, 1.807) is 0 Å². The highest BCUT2D eigenvalue weighted by Crippen LogP contribution is 1.96. The van der Waals surface area contributed by atoms with E-state index >= 15 is 0 Å². The summed E-state index contributed by atoms with van der Waals surface area (Å²) in [7, 11) is 0. The Labute approximate surface area is 124 Å². The SMILES string of the molecule is O=C(O)[C@H](CCS)NCCCN[C@@H](CCS)C(=O)O. The Kier molecular flexibility index (Phi) is 11.1. The Hall–Kier alpha value is -0.440. The normalized spacial score (nSPS) is 14.0. The highest BCUT2D eigenvalue weighted by Gasteiger charge is 2.16. The first-order valence-electron chi connectivity index (χ1n) is 6.17. The Morgan fingerprint density at radius 3 is 1.53 bits per heavy atom. The van der Waals surface area contributed by atoms with E-state index in [9.17, 15) is 9.59 Å². The van der Waals surface area contributed by atoms with Crippen LogP contribution in [0.5, 0.6) is 0 Å². The predicted octanol–water partition coefficient (Wildman–Crippen LogP) is 0.102. The average molecular weight is 310 g/mol. The number of aliphatic carboxylic acids is 2. The van der Waals surface area contributed by atoms with Crippen LogP contribution in [-0.4, -0.2) is 58.8 Å². The maximum atomic E-state index is 10.8. The minimum Gasteiger partial charge on any atom is -0.480 e. The van der Waals surface area contributed by atoms with E-state index in [0.29, 0.717) is 43.9 Å². The van der Waals surface area contributed by atoms with Crippen molar-refractivity contribution in [3.63, 3.8) is 0 Å². The lowest BCUT2D eigenvalue weighted by atomic mass is 10.2. The molecule has 0 bridgehead atoms. The van der Waals surface area contributed by atoms with Gasteiger partial charge in [0.1, 0.15) is 12.1 Å². The lowest BCUT2D eigenvalue weighted by Crippen LogP contribution is -2.41. The van der Waals surface area contributed by atoms with E-state index in [0.717, 1.165) is 0 Å². The molecule has 0 saturated heterocycles. The molecule has 0 aromatic carbocycles. The van der Waals surface area contributed by atoms with Crippen LogP contribution in [-0.2, 0) is 9.59 Å². The first-order chi connectivity index (χ1) is 9.02. The molecule has 8 heteroatoms. The van der Waals surface area contributed by atoms with Gasteiger partial charge in [0.25, 0.3) is 0 Å². The van der Waals surface area contributed by atoms with Crippen molar-refractivity contribution >= 4 is 37.2 Å². The summed E-state index contributed by atoms with van der Waals surface area (Å²) in [6, 6.07) is -1.18. The molecular weight excluding hydrogens is 288 g/mol. The molecule has 6 nitrogen and oxygen atoms in total. The highest BCUT2D eigenvalue weighted by molar-refractivity contribution is 7.80. The smallest absolute Gasteiger partial charge is 0.320 e. The Morgan fingerprint density at radius 1 is 0.895 bits per heavy atom. The number of hydrogen-bond acceptors (Lipinski definition) is 6. The van der Waals surface area contributed by atoms with Gasteiger partial charge in [0.2, 0.25) is 0 Å². The van der Waals surface area contributed by atoms with Gasteiger partial charge in [0.05, 0.1) is 0 Å². The van der Waals surface area contributed by atoms with Crippen LogP contribution in [0.15, 0.2) is 0 Å². The number of carboxylic acid groups (broad SMARTS) is 2. The summed E-state index contributed by atoms with van der Waals surface area (Å²) in [5.41, 5.74) is 0. The van der Waals surface area contributed by atoms with Gasteiger partial charge in [0.15, 0.2) is 0 Å². The molecule has 0 unspecified atom stereocenters. The average Bonchev–Trinajstić information content (AvgIpc) is 2.35. The minimum atomic E-state index is -0.888. The van der Waals surface area contributed by atoms with Crippen molar-refractivity contribution in [3.05, 3.63) is 0 Å². The van der Waals surface area contributed by atoms with Crippen molar-refractivity contribution < 1.29 is 19.8 Å². The van der Waals surface area contributed by atoms with Crippen LogP contribution in [0, 0.1) is 0 Å². The number of carboxylic acids is 2. The van der Waals surface area contributed by atoms with E-state index in [-0.39, 0.29) is 0 Å². The molecule has 0 aliphatic rings. The van der Waals surface area contributed by atoms with Gasteiger partial charge in [0, 0.05) is 0 Å². The third-order valence-corrected chi connectivity index (χ3v) is 3.08. The minimum absolute atomic E-state index is 0.462. The first kappa shape index (κ1) is 18.6. The van der Waals surface area contributed by atoms with Crippen LogP contribution in [0.25, 0.3) is 0 Å². The molecule has 0 radical (unpaired) electrons. The topological polar surface area (TPSA) is 98.7 Å². The zero-order chi connectivity index (χ0) is 14.7. The van der Waals surface area contributed by atoms with Gasteiger partial charge in [-0.05, 0) is 43.9 Å². The fourth-order valence-electron chi connectivity index (χ4n) is 1.52. The summed E-state index contributed by atoms with van der Waals surface area (Å²) in [5, 5.41) is 23.6. The van der Waals surface area contributed by atoms with Gasteiger partial charge in [-0.1, -0.05) is 0 Å². The van der Waals surface area contributed by atoms with E-state index < -0.39 is 24.0 Å². The van der Waals surface area contributed by atoms with E-state index in [2.05, 4.69) is 35.9 Å². The van der Waals surface area contributed by atoms with Gasteiger partial charge in [-0.15, -0.1) is 0 Å². The maximum absolute atomic E-state index is 10.8. The second kappa shape index (κ2) is 11.4. The quantitative estimate of drug-likeness (QED) is 0.226. The summed E-state index contributed by atoms with van der Waals surface area (Å²) >= 11 is 8.00.